The molecule has 0 fully saturated rings. The zero-order valence-corrected chi connectivity index (χ0v) is 15.2. The molecule has 0 spiro atoms. The summed E-state index contributed by atoms with van der Waals surface area (Å²) in [6.07, 6.45) is -0.447. The van der Waals surface area contributed by atoms with Gasteiger partial charge in [-0.15, -0.1) is 0 Å². The molecule has 5 nitrogen and oxygen atoms in total. The molecule has 0 aliphatic rings. The van der Waals surface area contributed by atoms with Gasteiger partial charge in [0.2, 0.25) is 0 Å². The molecule has 0 rings (SSSR count). The van der Waals surface area contributed by atoms with Crippen molar-refractivity contribution in [1.82, 2.24) is 0 Å². The van der Waals surface area contributed by atoms with Crippen LogP contribution in [-0.2, 0) is 35.6 Å². The first-order chi connectivity index (χ1) is 8.93. The van der Waals surface area contributed by atoms with Crippen molar-refractivity contribution in [3.05, 3.63) is 0 Å². The Morgan fingerprint density at radius 2 is 1.45 bits per heavy atom. The third-order valence-corrected chi connectivity index (χ3v) is 12.6. The Hall–Kier alpha value is -0.226. The van der Waals surface area contributed by atoms with Crippen molar-refractivity contribution in [2.75, 3.05) is 6.61 Å². The molecule has 20 heavy (non-hydrogen) atoms. The van der Waals surface area contributed by atoms with Crippen LogP contribution in [0.4, 0.5) is 0 Å². The summed E-state index contributed by atoms with van der Waals surface area (Å²) >= 11 is -4.99. The summed E-state index contributed by atoms with van der Waals surface area (Å²) in [5, 5.41) is 0. The molecular weight excluding hydrogens is 296 g/mol. The molecule has 0 bridgehead atoms. The van der Waals surface area contributed by atoms with Gasteiger partial charge in [0.15, 0.2) is 0 Å². The van der Waals surface area contributed by atoms with Crippen LogP contribution >= 0.6 is 0 Å². The molecule has 0 aromatic rings. The molecule has 0 aromatic carbocycles. The molecule has 0 saturated heterocycles. The van der Waals surface area contributed by atoms with Crippen LogP contribution < -0.4 is 0 Å². The number of hydrogen-bond donors (Lipinski definition) is 0. The van der Waals surface area contributed by atoms with Gasteiger partial charge in [0, 0.05) is 0 Å². The Kier molecular flexibility index (Phi) is 7.08. The van der Waals surface area contributed by atoms with Crippen LogP contribution in [-0.4, -0.2) is 24.3 Å². The molecule has 0 radical (unpaired) electrons. The van der Waals surface area contributed by atoms with Gasteiger partial charge in [-0.2, -0.15) is 0 Å². The molecule has 0 unspecified atom stereocenters. The van der Waals surface area contributed by atoms with Crippen LogP contribution in [0, 0.1) is 0 Å². The summed E-state index contributed by atoms with van der Waals surface area (Å²) in [7, 11) is 0. The van der Waals surface area contributed by atoms with E-state index >= 15 is 0 Å². The number of Topliss-reactive ketones (excluding diaryl/α,β-unsaturated/α-hetero) is 2. The zero-order valence-electron chi connectivity index (χ0n) is 13.7. The fourth-order valence-corrected chi connectivity index (χ4v) is 8.55. The fraction of sp³-hybridized carbons (Fsp3) is 0.857. The van der Waals surface area contributed by atoms with E-state index in [4.69, 9.17) is 6.64 Å². The second kappa shape index (κ2) is 7.16. The van der Waals surface area contributed by atoms with Crippen LogP contribution in [0.25, 0.3) is 0 Å². The monoisotopic (exact) mass is 324 g/mol. The van der Waals surface area contributed by atoms with Crippen LogP contribution in [0.15, 0.2) is 0 Å². The number of rotatable bonds is 9. The van der Waals surface area contributed by atoms with E-state index in [0.29, 0.717) is 0 Å². The molecule has 0 aliphatic carbocycles. The SMILES string of the molecule is CC(=O)CC(=O)C[O][Ti](=[O])([O]C(C)C)([CH](C)C)[CH](C)C. The first kappa shape index (κ1) is 19.8. The molecule has 0 amide bonds. The predicted octanol–water partition coefficient (Wildman–Crippen LogP) is 3.50. The number of ketones is 2. The Morgan fingerprint density at radius 1 is 1.00 bits per heavy atom. The van der Waals surface area contributed by atoms with Gasteiger partial charge in [0.05, 0.1) is 0 Å². The topological polar surface area (TPSA) is 69.7 Å². The van der Waals surface area contributed by atoms with E-state index in [2.05, 4.69) is 0 Å². The Labute approximate surface area is 123 Å². The maximum atomic E-state index is 13.6. The maximum absolute atomic E-state index is 13.6. The Balaban J connectivity index is 5.29. The predicted molar refractivity (Wildman–Crippen MR) is 73.4 cm³/mol. The van der Waals surface area contributed by atoms with Crippen molar-refractivity contribution < 1.29 is 35.6 Å². The molecule has 118 valence electrons. The Bertz CT molecular complexity index is 411. The summed E-state index contributed by atoms with van der Waals surface area (Å²) in [6.45, 7) is 11.8. The summed E-state index contributed by atoms with van der Waals surface area (Å²) in [5.41, 5.74) is 0. The second-order valence-corrected chi connectivity index (χ2v) is 14.2. The molecule has 0 N–H and O–H groups in total. The molecule has 0 aromatic heterocycles. The molecule has 0 atom stereocenters. The summed E-state index contributed by atoms with van der Waals surface area (Å²) in [4.78, 5) is 22.6. The normalized spacial score (nSPS) is 13.3. The van der Waals surface area contributed by atoms with Gasteiger partial charge >= 0.3 is 123 Å². The van der Waals surface area contributed by atoms with Gasteiger partial charge in [-0.25, -0.2) is 0 Å². The van der Waals surface area contributed by atoms with Crippen molar-refractivity contribution in [2.45, 2.75) is 69.4 Å². The van der Waals surface area contributed by atoms with Crippen LogP contribution in [0.1, 0.15) is 54.9 Å². The van der Waals surface area contributed by atoms with E-state index in [0.717, 1.165) is 0 Å². The third kappa shape index (κ3) is 4.66. The standard InChI is InChI=1S/C5H7O3.C3H7O.2C3H7.O.Ti/c1-4(7)2-5(8)3-6;1-3(2)4;2*1-3-2;;/h2-3H2,1H3;3H,1-2H3;2*3H,1-2H3;;/q2*-1;;;;+2. The van der Waals surface area contributed by atoms with E-state index in [9.17, 15) is 12.9 Å². The first-order valence-electron chi connectivity index (χ1n) is 7.15. The number of carbonyl (C=O) groups excluding carboxylic acids is 2. The van der Waals surface area contributed by atoms with Gasteiger partial charge < -0.3 is 0 Å². The van der Waals surface area contributed by atoms with E-state index in [1.54, 1.807) is 41.5 Å². The van der Waals surface area contributed by atoms with Crippen molar-refractivity contribution in [3.63, 3.8) is 0 Å². The van der Waals surface area contributed by atoms with Gasteiger partial charge in [-0.05, 0) is 0 Å². The average molecular weight is 324 g/mol. The van der Waals surface area contributed by atoms with E-state index < -0.39 is 16.1 Å². The first-order valence-corrected chi connectivity index (χ1v) is 10.9. The second-order valence-electron chi connectivity index (χ2n) is 6.31. The van der Waals surface area contributed by atoms with Crippen molar-refractivity contribution in [3.8, 4) is 0 Å². The minimum absolute atomic E-state index is 0.194. The van der Waals surface area contributed by atoms with Gasteiger partial charge in [-0.1, -0.05) is 0 Å². The van der Waals surface area contributed by atoms with Gasteiger partial charge in [0.25, 0.3) is 0 Å². The van der Waals surface area contributed by atoms with Gasteiger partial charge in [-0.3, -0.25) is 0 Å². The summed E-state index contributed by atoms with van der Waals surface area (Å²) in [6, 6.07) is 0. The van der Waals surface area contributed by atoms with Crippen LogP contribution in [0.2, 0.25) is 8.45 Å². The quantitative estimate of drug-likeness (QED) is 0.479. The molecule has 0 heterocycles. The summed E-state index contributed by atoms with van der Waals surface area (Å²) in [5.74, 6) is -0.589. The van der Waals surface area contributed by atoms with Crippen molar-refractivity contribution in [2.24, 2.45) is 0 Å². The Morgan fingerprint density at radius 3 is 1.75 bits per heavy atom. The number of carbonyl (C=O) groups is 2. The molecule has 6 heteroatoms. The van der Waals surface area contributed by atoms with Crippen LogP contribution in [0.3, 0.4) is 0 Å². The molecular formula is C14H28O5Ti. The minimum atomic E-state index is -4.99. The van der Waals surface area contributed by atoms with Crippen molar-refractivity contribution >= 4 is 11.6 Å². The molecule has 0 saturated carbocycles. The van der Waals surface area contributed by atoms with E-state index in [1.807, 2.05) is 0 Å². The van der Waals surface area contributed by atoms with E-state index in [-0.39, 0.29) is 39.1 Å². The van der Waals surface area contributed by atoms with Crippen molar-refractivity contribution in [1.29, 1.82) is 0 Å². The average Bonchev–Trinajstić information content (AvgIpc) is 2.24. The third-order valence-electron chi connectivity index (χ3n) is 3.51. The van der Waals surface area contributed by atoms with Gasteiger partial charge in [0.1, 0.15) is 0 Å². The number of hydrogen-bond acceptors (Lipinski definition) is 5. The molecule has 0 aliphatic heterocycles. The zero-order chi connectivity index (χ0) is 16.2. The van der Waals surface area contributed by atoms with E-state index in [1.165, 1.54) is 6.92 Å². The van der Waals surface area contributed by atoms with Crippen LogP contribution in [0.5, 0.6) is 0 Å². The fourth-order valence-electron chi connectivity index (χ4n) is 2.32. The summed E-state index contributed by atoms with van der Waals surface area (Å²) < 4.78 is 24.4.